The number of carbonyl (C=O) groups is 3. The van der Waals surface area contributed by atoms with E-state index in [1.54, 1.807) is 0 Å². The van der Waals surface area contributed by atoms with Crippen molar-refractivity contribution < 1.29 is 19.5 Å². The minimum Gasteiger partial charge on any atom is -0.480 e. The summed E-state index contributed by atoms with van der Waals surface area (Å²) in [6.07, 6.45) is 4.09. The van der Waals surface area contributed by atoms with Gasteiger partial charge in [0.1, 0.15) is 12.1 Å². The van der Waals surface area contributed by atoms with Crippen LogP contribution in [0, 0.1) is 5.92 Å². The van der Waals surface area contributed by atoms with Crippen molar-refractivity contribution in [2.24, 2.45) is 17.4 Å². The van der Waals surface area contributed by atoms with Crippen LogP contribution in [0.4, 0.5) is 0 Å². The van der Waals surface area contributed by atoms with Gasteiger partial charge in [0, 0.05) is 17.1 Å². The minimum atomic E-state index is -1.10. The zero-order valence-electron chi connectivity index (χ0n) is 18.8. The third-order valence-electron chi connectivity index (χ3n) is 5.35. The molecule has 0 fully saturated rings. The van der Waals surface area contributed by atoms with Crippen LogP contribution < -0.4 is 22.1 Å². The second-order valence-corrected chi connectivity index (χ2v) is 8.54. The van der Waals surface area contributed by atoms with Gasteiger partial charge < -0.3 is 32.2 Å². The van der Waals surface area contributed by atoms with Gasteiger partial charge in [0.05, 0.1) is 6.04 Å². The average molecular weight is 446 g/mol. The summed E-state index contributed by atoms with van der Waals surface area (Å²) in [7, 11) is 0. The van der Waals surface area contributed by atoms with Crippen molar-refractivity contribution in [1.29, 1.82) is 0 Å². The first-order valence-electron chi connectivity index (χ1n) is 11.1. The molecule has 2 rings (SSSR count). The molecule has 0 bridgehead atoms. The number of hydrogen-bond donors (Lipinski definition) is 6. The summed E-state index contributed by atoms with van der Waals surface area (Å²) in [5, 5.41) is 15.7. The Labute approximate surface area is 188 Å². The fourth-order valence-electron chi connectivity index (χ4n) is 3.64. The topological polar surface area (TPSA) is 163 Å². The highest BCUT2D eigenvalue weighted by molar-refractivity contribution is 5.92. The van der Waals surface area contributed by atoms with Crippen LogP contribution in [0.25, 0.3) is 10.9 Å². The summed E-state index contributed by atoms with van der Waals surface area (Å²) < 4.78 is 0. The van der Waals surface area contributed by atoms with E-state index in [-0.39, 0.29) is 5.92 Å². The first-order valence-corrected chi connectivity index (χ1v) is 11.1. The van der Waals surface area contributed by atoms with E-state index in [4.69, 9.17) is 11.5 Å². The fourth-order valence-corrected chi connectivity index (χ4v) is 3.64. The molecule has 176 valence electrons. The molecule has 0 aliphatic rings. The maximum absolute atomic E-state index is 12.8. The van der Waals surface area contributed by atoms with Gasteiger partial charge in [-0.2, -0.15) is 0 Å². The van der Waals surface area contributed by atoms with Crippen LogP contribution in [-0.4, -0.2) is 52.5 Å². The third kappa shape index (κ3) is 7.35. The number of carbonyl (C=O) groups excluding carboxylic acids is 2. The van der Waals surface area contributed by atoms with Crippen LogP contribution in [0.5, 0.6) is 0 Å². The maximum Gasteiger partial charge on any atom is 0.326 e. The first-order chi connectivity index (χ1) is 15.2. The fraction of sp³-hybridized carbons (Fsp3) is 0.522. The summed E-state index contributed by atoms with van der Waals surface area (Å²) in [6.45, 7) is 4.23. The van der Waals surface area contributed by atoms with E-state index in [2.05, 4.69) is 15.6 Å². The standard InChI is InChI=1S/C23H35N5O4/c1-14(2)11-20(23(31)32)28-22(30)19(9-5-6-10-24)27-21(29)17(25)12-15-13-26-18-8-4-3-7-16(15)18/h3-4,7-8,13-14,17,19-20,26H,5-6,9-12,24-25H2,1-2H3,(H,27,29)(H,28,30)(H,31,32)/t17-,19-,20-/m0/s1. The van der Waals surface area contributed by atoms with Gasteiger partial charge in [-0.25, -0.2) is 4.79 Å². The molecule has 0 aliphatic carbocycles. The molecule has 0 aliphatic heterocycles. The third-order valence-corrected chi connectivity index (χ3v) is 5.35. The number of carboxylic acid groups (broad SMARTS) is 1. The lowest BCUT2D eigenvalue weighted by Crippen LogP contribution is -2.55. The zero-order chi connectivity index (χ0) is 23.7. The summed E-state index contributed by atoms with van der Waals surface area (Å²) in [6, 6.07) is 4.98. The van der Waals surface area contributed by atoms with Gasteiger partial charge in [-0.1, -0.05) is 32.0 Å². The number of nitrogens with two attached hydrogens (primary N) is 2. The molecule has 0 unspecified atom stereocenters. The molecular weight excluding hydrogens is 410 g/mol. The van der Waals surface area contributed by atoms with Crippen molar-refractivity contribution in [2.45, 2.75) is 64.1 Å². The number of aliphatic carboxylic acids is 1. The number of aromatic amines is 1. The number of aromatic nitrogens is 1. The molecule has 1 aromatic heterocycles. The highest BCUT2D eigenvalue weighted by Crippen LogP contribution is 2.19. The van der Waals surface area contributed by atoms with Crippen LogP contribution in [0.3, 0.4) is 0 Å². The van der Waals surface area contributed by atoms with E-state index in [1.807, 2.05) is 44.3 Å². The van der Waals surface area contributed by atoms with Gasteiger partial charge in [-0.15, -0.1) is 0 Å². The molecule has 1 aromatic carbocycles. The van der Waals surface area contributed by atoms with E-state index in [1.165, 1.54) is 0 Å². The molecule has 0 saturated heterocycles. The van der Waals surface area contributed by atoms with E-state index in [0.29, 0.717) is 38.6 Å². The molecule has 2 aromatic rings. The molecule has 9 heteroatoms. The van der Waals surface area contributed by atoms with Crippen molar-refractivity contribution in [2.75, 3.05) is 6.54 Å². The number of hydrogen-bond acceptors (Lipinski definition) is 5. The van der Waals surface area contributed by atoms with Gasteiger partial charge in [0.2, 0.25) is 11.8 Å². The number of para-hydroxylation sites is 1. The first kappa shape index (κ1) is 25.4. The molecule has 1 heterocycles. The van der Waals surface area contributed by atoms with Gasteiger partial charge in [-0.3, -0.25) is 9.59 Å². The highest BCUT2D eigenvalue weighted by atomic mass is 16.4. The van der Waals surface area contributed by atoms with Gasteiger partial charge in [0.25, 0.3) is 0 Å². The van der Waals surface area contributed by atoms with Crippen molar-refractivity contribution in [1.82, 2.24) is 15.6 Å². The number of unbranched alkanes of at least 4 members (excludes halogenated alkanes) is 1. The average Bonchev–Trinajstić information content (AvgIpc) is 3.15. The van der Waals surface area contributed by atoms with Crippen molar-refractivity contribution >= 4 is 28.7 Å². The number of nitrogens with one attached hydrogen (secondary N) is 3. The van der Waals surface area contributed by atoms with Crippen molar-refractivity contribution in [3.8, 4) is 0 Å². The van der Waals surface area contributed by atoms with E-state index in [9.17, 15) is 19.5 Å². The smallest absolute Gasteiger partial charge is 0.326 e. The number of carboxylic acids is 1. The summed E-state index contributed by atoms with van der Waals surface area (Å²) in [5.41, 5.74) is 13.6. The number of H-pyrrole nitrogens is 1. The van der Waals surface area contributed by atoms with E-state index < -0.39 is 35.9 Å². The Hall–Kier alpha value is -2.91. The molecule has 3 atom stereocenters. The second kappa shape index (κ2) is 12.2. The number of amides is 2. The summed E-state index contributed by atoms with van der Waals surface area (Å²) in [4.78, 5) is 40.3. The molecule has 0 saturated carbocycles. The second-order valence-electron chi connectivity index (χ2n) is 8.54. The van der Waals surface area contributed by atoms with Crippen LogP contribution in [0.1, 0.15) is 45.1 Å². The van der Waals surface area contributed by atoms with Crippen LogP contribution >= 0.6 is 0 Å². The zero-order valence-corrected chi connectivity index (χ0v) is 18.8. The van der Waals surface area contributed by atoms with Crippen LogP contribution in [0.2, 0.25) is 0 Å². The lowest BCUT2D eigenvalue weighted by Gasteiger charge is -2.23. The summed E-state index contributed by atoms with van der Waals surface area (Å²) in [5.74, 6) is -2.00. The predicted molar refractivity (Wildman–Crippen MR) is 124 cm³/mol. The Morgan fingerprint density at radius 3 is 2.41 bits per heavy atom. The molecule has 32 heavy (non-hydrogen) atoms. The monoisotopic (exact) mass is 445 g/mol. The Bertz CT molecular complexity index is 911. The Kier molecular flexibility index (Phi) is 9.67. The number of fused-ring (bicyclic) bond motifs is 1. The molecule has 8 N–H and O–H groups in total. The Morgan fingerprint density at radius 1 is 1.06 bits per heavy atom. The van der Waals surface area contributed by atoms with Gasteiger partial charge in [-0.05, 0) is 56.2 Å². The van der Waals surface area contributed by atoms with Crippen molar-refractivity contribution in [3.05, 3.63) is 36.0 Å². The number of benzene rings is 1. The molecule has 0 radical (unpaired) electrons. The molecule has 0 spiro atoms. The molecule has 2 amide bonds. The maximum atomic E-state index is 12.8. The largest absolute Gasteiger partial charge is 0.480 e. The van der Waals surface area contributed by atoms with Crippen molar-refractivity contribution in [3.63, 3.8) is 0 Å². The Morgan fingerprint density at radius 2 is 1.75 bits per heavy atom. The van der Waals surface area contributed by atoms with E-state index in [0.717, 1.165) is 16.5 Å². The van der Waals surface area contributed by atoms with Gasteiger partial charge in [0.15, 0.2) is 0 Å². The summed E-state index contributed by atoms with van der Waals surface area (Å²) >= 11 is 0. The number of rotatable bonds is 13. The normalized spacial score (nSPS) is 14.2. The Balaban J connectivity index is 2.05. The molecule has 9 nitrogen and oxygen atoms in total. The van der Waals surface area contributed by atoms with Crippen LogP contribution in [-0.2, 0) is 20.8 Å². The SMILES string of the molecule is CC(C)C[C@H](NC(=O)[C@H](CCCCN)NC(=O)[C@@H](N)Cc1c[nH]c2ccccc12)C(=O)O. The lowest BCUT2D eigenvalue weighted by atomic mass is 10.0. The molecular formula is C23H35N5O4. The minimum absolute atomic E-state index is 0.0891. The lowest BCUT2D eigenvalue weighted by molar-refractivity contribution is -0.142. The predicted octanol–water partition coefficient (Wildman–Crippen LogP) is 1.27. The quantitative estimate of drug-likeness (QED) is 0.254. The highest BCUT2D eigenvalue weighted by Gasteiger charge is 2.28. The van der Waals surface area contributed by atoms with Crippen LogP contribution in [0.15, 0.2) is 30.5 Å². The van der Waals surface area contributed by atoms with Gasteiger partial charge >= 0.3 is 5.97 Å². The van der Waals surface area contributed by atoms with E-state index >= 15 is 0 Å².